The average Bonchev–Trinajstić information content (AvgIpc) is 2.82. The first kappa shape index (κ1) is 14.1. The van der Waals surface area contributed by atoms with E-state index in [0.29, 0.717) is 5.88 Å². The van der Waals surface area contributed by atoms with E-state index in [4.69, 9.17) is 10.5 Å². The molecule has 2 rings (SSSR count). The van der Waals surface area contributed by atoms with E-state index in [2.05, 4.69) is 23.8 Å². The van der Waals surface area contributed by atoms with Gasteiger partial charge < -0.3 is 10.5 Å². The molecule has 0 spiro atoms. The number of hydrogen-bond donors (Lipinski definition) is 1. The molecule has 0 bridgehead atoms. The quantitative estimate of drug-likeness (QED) is 0.778. The number of ether oxygens (including phenoxy) is 1. The zero-order valence-corrected chi connectivity index (χ0v) is 12.4. The second-order valence-electron chi connectivity index (χ2n) is 4.80. The Morgan fingerprint density at radius 2 is 2.16 bits per heavy atom. The van der Waals surface area contributed by atoms with Gasteiger partial charge in [0, 0.05) is 0 Å². The maximum atomic E-state index is 5.92. The largest absolute Gasteiger partial charge is 0.474 e. The van der Waals surface area contributed by atoms with Crippen LogP contribution in [0.5, 0.6) is 5.88 Å². The molecule has 5 heteroatoms. The van der Waals surface area contributed by atoms with E-state index in [1.807, 2.05) is 11.4 Å². The number of aromatic nitrogens is 2. The van der Waals surface area contributed by atoms with Crippen molar-refractivity contribution in [2.24, 2.45) is 0 Å². The Morgan fingerprint density at radius 1 is 1.32 bits per heavy atom. The molecule has 19 heavy (non-hydrogen) atoms. The summed E-state index contributed by atoms with van der Waals surface area (Å²) in [6, 6.07) is 1.98. The summed E-state index contributed by atoms with van der Waals surface area (Å²) in [4.78, 5) is 9.29. The summed E-state index contributed by atoms with van der Waals surface area (Å²) in [7, 11) is 0. The topological polar surface area (TPSA) is 61.0 Å². The molecule has 2 aromatic rings. The van der Waals surface area contributed by atoms with Crippen LogP contribution in [0.3, 0.4) is 0 Å². The van der Waals surface area contributed by atoms with Gasteiger partial charge in [0.25, 0.3) is 0 Å². The summed E-state index contributed by atoms with van der Waals surface area (Å²) in [6.07, 6.45) is 6.23. The highest BCUT2D eigenvalue weighted by molar-refractivity contribution is 7.16. The lowest BCUT2D eigenvalue weighted by Crippen LogP contribution is -2.13. The van der Waals surface area contributed by atoms with Gasteiger partial charge in [-0.15, -0.1) is 11.3 Å². The lowest BCUT2D eigenvalue weighted by Gasteiger charge is -2.14. The Hall–Kier alpha value is -1.36. The third-order valence-corrected chi connectivity index (χ3v) is 3.89. The summed E-state index contributed by atoms with van der Waals surface area (Å²) in [5.74, 6) is 0.898. The van der Waals surface area contributed by atoms with Gasteiger partial charge in [-0.05, 0) is 31.2 Å². The van der Waals surface area contributed by atoms with Crippen molar-refractivity contribution in [1.82, 2.24) is 9.97 Å². The van der Waals surface area contributed by atoms with Crippen LogP contribution in [0.2, 0.25) is 0 Å². The van der Waals surface area contributed by atoms with Crippen molar-refractivity contribution < 1.29 is 4.74 Å². The number of rotatable bonds is 7. The number of thiophene rings is 1. The Kier molecular flexibility index (Phi) is 4.96. The maximum absolute atomic E-state index is 5.92. The van der Waals surface area contributed by atoms with Crippen LogP contribution in [0.25, 0.3) is 10.2 Å². The predicted octanol–water partition coefficient (Wildman–Crippen LogP) is 4.01. The number of nitrogens with two attached hydrogens (primary N) is 1. The van der Waals surface area contributed by atoms with E-state index in [1.54, 1.807) is 11.3 Å². The molecule has 0 saturated carbocycles. The third-order valence-electron chi connectivity index (χ3n) is 3.08. The van der Waals surface area contributed by atoms with Gasteiger partial charge in [0.05, 0.1) is 11.5 Å². The fourth-order valence-corrected chi connectivity index (χ4v) is 2.80. The zero-order valence-electron chi connectivity index (χ0n) is 11.6. The van der Waals surface area contributed by atoms with Crippen LogP contribution in [0.15, 0.2) is 11.4 Å². The van der Waals surface area contributed by atoms with E-state index in [-0.39, 0.29) is 12.1 Å². The number of nitrogen functional groups attached to an aromatic ring is 1. The normalized spacial score (nSPS) is 12.7. The molecule has 104 valence electrons. The van der Waals surface area contributed by atoms with Crippen LogP contribution in [0.4, 0.5) is 5.95 Å². The Morgan fingerprint density at radius 3 is 2.95 bits per heavy atom. The minimum atomic E-state index is 0.161. The first-order valence-electron chi connectivity index (χ1n) is 6.88. The highest BCUT2D eigenvalue weighted by Crippen LogP contribution is 2.28. The highest BCUT2D eigenvalue weighted by Gasteiger charge is 2.11. The van der Waals surface area contributed by atoms with Gasteiger partial charge in [-0.1, -0.05) is 26.2 Å². The Labute approximate surface area is 118 Å². The van der Waals surface area contributed by atoms with Crippen molar-refractivity contribution in [3.63, 3.8) is 0 Å². The molecule has 0 saturated heterocycles. The molecule has 0 aliphatic rings. The number of hydrogen-bond acceptors (Lipinski definition) is 5. The molecule has 2 heterocycles. The molecule has 0 fully saturated rings. The zero-order chi connectivity index (χ0) is 13.7. The van der Waals surface area contributed by atoms with Crippen molar-refractivity contribution >= 4 is 27.5 Å². The summed E-state index contributed by atoms with van der Waals surface area (Å²) in [5, 5.41) is 2.94. The molecule has 0 aliphatic heterocycles. The van der Waals surface area contributed by atoms with Gasteiger partial charge >= 0.3 is 0 Å². The second-order valence-corrected chi connectivity index (χ2v) is 5.70. The van der Waals surface area contributed by atoms with E-state index >= 15 is 0 Å². The number of fused-ring (bicyclic) bond motifs is 1. The van der Waals surface area contributed by atoms with Gasteiger partial charge in [0.2, 0.25) is 11.8 Å². The standard InChI is InChI=1S/C14H21N3OS/c1-3-4-5-6-7-10(2)18-12-11-8-9-19-13(11)17-14(15)16-12/h8-10H,3-7H2,1-2H3,(H2,15,16,17). The van der Waals surface area contributed by atoms with Gasteiger partial charge in [0.15, 0.2) is 0 Å². The fraction of sp³-hybridized carbons (Fsp3) is 0.571. The lowest BCUT2D eigenvalue weighted by molar-refractivity contribution is 0.201. The molecule has 0 radical (unpaired) electrons. The van der Waals surface area contributed by atoms with Crippen molar-refractivity contribution in [3.05, 3.63) is 11.4 Å². The monoisotopic (exact) mass is 279 g/mol. The van der Waals surface area contributed by atoms with Crippen LogP contribution in [0.1, 0.15) is 46.0 Å². The molecule has 0 aliphatic carbocycles. The molecular formula is C14H21N3OS. The number of unbranched alkanes of at least 4 members (excludes halogenated alkanes) is 3. The fourth-order valence-electron chi connectivity index (χ4n) is 2.04. The third kappa shape index (κ3) is 3.80. The van der Waals surface area contributed by atoms with Crippen LogP contribution in [-0.2, 0) is 0 Å². The Balaban J connectivity index is 1.98. The average molecular weight is 279 g/mol. The maximum Gasteiger partial charge on any atom is 0.227 e. The van der Waals surface area contributed by atoms with E-state index in [1.165, 1.54) is 25.7 Å². The van der Waals surface area contributed by atoms with Crippen molar-refractivity contribution in [3.8, 4) is 5.88 Å². The Bertz CT molecular complexity index is 526. The highest BCUT2D eigenvalue weighted by atomic mass is 32.1. The lowest BCUT2D eigenvalue weighted by atomic mass is 10.1. The summed E-state index contributed by atoms with van der Waals surface area (Å²) in [5.41, 5.74) is 5.70. The molecule has 4 nitrogen and oxygen atoms in total. The van der Waals surface area contributed by atoms with E-state index < -0.39 is 0 Å². The van der Waals surface area contributed by atoms with Crippen LogP contribution < -0.4 is 10.5 Å². The molecule has 1 unspecified atom stereocenters. The van der Waals surface area contributed by atoms with Crippen LogP contribution >= 0.6 is 11.3 Å². The van der Waals surface area contributed by atoms with Gasteiger partial charge in [-0.3, -0.25) is 0 Å². The first-order chi connectivity index (χ1) is 9.20. The summed E-state index contributed by atoms with van der Waals surface area (Å²) >= 11 is 1.56. The predicted molar refractivity (Wildman–Crippen MR) is 80.7 cm³/mol. The van der Waals surface area contributed by atoms with Crippen LogP contribution in [0, 0.1) is 0 Å². The first-order valence-corrected chi connectivity index (χ1v) is 7.76. The van der Waals surface area contributed by atoms with Crippen molar-refractivity contribution in [1.29, 1.82) is 0 Å². The molecule has 2 aromatic heterocycles. The molecule has 0 aromatic carbocycles. The number of anilines is 1. The van der Waals surface area contributed by atoms with E-state index in [0.717, 1.165) is 16.6 Å². The smallest absolute Gasteiger partial charge is 0.227 e. The van der Waals surface area contributed by atoms with Gasteiger partial charge in [0.1, 0.15) is 4.83 Å². The molecule has 2 N–H and O–H groups in total. The van der Waals surface area contributed by atoms with Crippen LogP contribution in [-0.4, -0.2) is 16.1 Å². The summed E-state index contributed by atoms with van der Waals surface area (Å²) in [6.45, 7) is 4.30. The minimum absolute atomic E-state index is 0.161. The molecular weight excluding hydrogens is 258 g/mol. The molecule has 0 amide bonds. The summed E-state index contributed by atoms with van der Waals surface area (Å²) < 4.78 is 5.92. The SMILES string of the molecule is CCCCCCC(C)Oc1nc(N)nc2sccc12. The second kappa shape index (κ2) is 6.70. The van der Waals surface area contributed by atoms with E-state index in [9.17, 15) is 0 Å². The van der Waals surface area contributed by atoms with Crippen molar-refractivity contribution in [2.45, 2.75) is 52.1 Å². The van der Waals surface area contributed by atoms with Crippen molar-refractivity contribution in [2.75, 3.05) is 5.73 Å². The van der Waals surface area contributed by atoms with Gasteiger partial charge in [-0.2, -0.15) is 4.98 Å². The minimum Gasteiger partial charge on any atom is -0.474 e. The van der Waals surface area contributed by atoms with Gasteiger partial charge in [-0.25, -0.2) is 4.98 Å². The number of nitrogens with zero attached hydrogens (tertiary/aromatic N) is 2. The molecule has 1 atom stereocenters.